The Bertz CT molecular complexity index is 721. The monoisotopic (exact) mass is 287 g/mol. The van der Waals surface area contributed by atoms with Gasteiger partial charge in [0.25, 0.3) is 5.56 Å². The second-order valence-corrected chi connectivity index (χ2v) is 3.92. The van der Waals surface area contributed by atoms with Gasteiger partial charge in [-0.1, -0.05) is 0 Å². The maximum absolute atomic E-state index is 12.1. The smallest absolute Gasteiger partial charge is 0.480 e. The molecule has 1 aromatic carbocycles. The van der Waals surface area contributed by atoms with Gasteiger partial charge in [-0.2, -0.15) is 0 Å². The van der Waals surface area contributed by atoms with Crippen LogP contribution in [0.5, 0.6) is 5.75 Å². The topological polar surface area (TPSA) is 68.5 Å². The molecule has 106 valence electrons. The minimum atomic E-state index is -4.82. The minimum Gasteiger partial charge on any atom is -0.480 e. The average molecular weight is 287 g/mol. The second-order valence-electron chi connectivity index (χ2n) is 3.92. The van der Waals surface area contributed by atoms with Gasteiger partial charge >= 0.3 is 12.3 Å². The molecule has 0 atom stereocenters. The van der Waals surface area contributed by atoms with Crippen molar-refractivity contribution < 1.29 is 27.8 Å². The highest BCUT2D eigenvalue weighted by Crippen LogP contribution is 2.25. The van der Waals surface area contributed by atoms with Crippen molar-refractivity contribution in [1.82, 2.24) is 4.57 Å². The van der Waals surface area contributed by atoms with E-state index in [0.717, 1.165) is 22.8 Å². The molecule has 0 spiro atoms. The number of benzene rings is 1. The summed E-state index contributed by atoms with van der Waals surface area (Å²) in [6.45, 7) is -0.574. The van der Waals surface area contributed by atoms with Crippen LogP contribution in [0.15, 0.2) is 35.1 Å². The number of aliphatic carboxylic acids is 1. The Hall–Kier alpha value is -2.51. The van der Waals surface area contributed by atoms with Crippen LogP contribution in [0.2, 0.25) is 0 Å². The molecule has 1 heterocycles. The Morgan fingerprint density at radius 3 is 2.55 bits per heavy atom. The van der Waals surface area contributed by atoms with Gasteiger partial charge in [-0.15, -0.1) is 13.2 Å². The number of halogens is 3. The van der Waals surface area contributed by atoms with E-state index in [2.05, 4.69) is 4.74 Å². The maximum atomic E-state index is 12.1. The minimum absolute atomic E-state index is 0.217. The molecule has 0 saturated carbocycles. The largest absolute Gasteiger partial charge is 0.573 e. The molecule has 0 aliphatic heterocycles. The van der Waals surface area contributed by atoms with Crippen LogP contribution < -0.4 is 10.3 Å². The van der Waals surface area contributed by atoms with Gasteiger partial charge in [0.2, 0.25) is 0 Å². The highest BCUT2D eigenvalue weighted by molar-refractivity contribution is 5.82. The summed E-state index contributed by atoms with van der Waals surface area (Å²) in [7, 11) is 0. The zero-order valence-corrected chi connectivity index (χ0v) is 9.85. The molecule has 1 aromatic heterocycles. The Morgan fingerprint density at radius 2 is 1.95 bits per heavy atom. The third-order valence-corrected chi connectivity index (χ3v) is 2.49. The molecule has 0 aliphatic rings. The number of rotatable bonds is 3. The van der Waals surface area contributed by atoms with Gasteiger partial charge in [0, 0.05) is 11.5 Å². The fourth-order valence-electron chi connectivity index (χ4n) is 1.78. The van der Waals surface area contributed by atoms with E-state index in [9.17, 15) is 22.8 Å². The van der Waals surface area contributed by atoms with Crippen LogP contribution in [-0.4, -0.2) is 22.0 Å². The first-order valence-corrected chi connectivity index (χ1v) is 5.37. The summed E-state index contributed by atoms with van der Waals surface area (Å²) in [4.78, 5) is 22.3. The predicted molar refractivity (Wildman–Crippen MR) is 62.5 cm³/mol. The molecule has 0 bridgehead atoms. The first-order valence-electron chi connectivity index (χ1n) is 5.37. The van der Waals surface area contributed by atoms with E-state index in [-0.39, 0.29) is 10.9 Å². The summed E-state index contributed by atoms with van der Waals surface area (Å²) in [6.07, 6.45) is -4.82. The zero-order valence-electron chi connectivity index (χ0n) is 9.85. The summed E-state index contributed by atoms with van der Waals surface area (Å²) >= 11 is 0. The molecule has 2 aromatic rings. The number of carboxylic acids is 1. The normalized spacial score (nSPS) is 11.6. The molecule has 2 rings (SSSR count). The lowest BCUT2D eigenvalue weighted by Gasteiger charge is -2.11. The van der Waals surface area contributed by atoms with Crippen molar-refractivity contribution >= 4 is 16.9 Å². The number of nitrogens with zero attached hydrogens (tertiary/aromatic N) is 1. The Labute approximate surface area is 109 Å². The van der Waals surface area contributed by atoms with Crippen LogP contribution in [0.4, 0.5) is 13.2 Å². The summed E-state index contributed by atoms with van der Waals surface area (Å²) in [5.74, 6) is -1.67. The fourth-order valence-corrected chi connectivity index (χ4v) is 1.78. The van der Waals surface area contributed by atoms with E-state index in [1.165, 1.54) is 12.1 Å². The van der Waals surface area contributed by atoms with Gasteiger partial charge in [0.15, 0.2) is 0 Å². The molecule has 20 heavy (non-hydrogen) atoms. The Balaban J connectivity index is 2.53. The van der Waals surface area contributed by atoms with Gasteiger partial charge in [-0.05, 0) is 24.3 Å². The molecule has 0 unspecified atom stereocenters. The van der Waals surface area contributed by atoms with E-state index >= 15 is 0 Å². The van der Waals surface area contributed by atoms with E-state index < -0.39 is 30.2 Å². The van der Waals surface area contributed by atoms with Crippen molar-refractivity contribution in [3.05, 3.63) is 40.7 Å². The van der Waals surface area contributed by atoms with Gasteiger partial charge in [0.1, 0.15) is 12.3 Å². The number of hydrogen-bond donors (Lipinski definition) is 1. The summed E-state index contributed by atoms with van der Waals surface area (Å²) < 4.78 is 41.0. The molecule has 0 amide bonds. The van der Waals surface area contributed by atoms with Crippen LogP contribution in [0.3, 0.4) is 0 Å². The number of ether oxygens (including phenoxy) is 1. The molecular formula is C12H8F3NO4. The van der Waals surface area contributed by atoms with Gasteiger partial charge in [-0.25, -0.2) is 0 Å². The molecular weight excluding hydrogens is 279 g/mol. The van der Waals surface area contributed by atoms with Crippen molar-refractivity contribution in [2.45, 2.75) is 12.9 Å². The highest BCUT2D eigenvalue weighted by Gasteiger charge is 2.31. The van der Waals surface area contributed by atoms with Gasteiger partial charge < -0.3 is 9.84 Å². The van der Waals surface area contributed by atoms with Crippen LogP contribution in [0.1, 0.15) is 0 Å². The molecule has 1 N–H and O–H groups in total. The number of carbonyl (C=O) groups is 1. The Morgan fingerprint density at radius 1 is 1.25 bits per heavy atom. The molecule has 0 fully saturated rings. The first-order chi connectivity index (χ1) is 9.26. The SMILES string of the molecule is O=C(O)Cn1c(=O)ccc2cc(OC(F)(F)F)ccc21. The molecule has 0 radical (unpaired) electrons. The number of fused-ring (bicyclic) bond motifs is 1. The van der Waals surface area contributed by atoms with Crippen molar-refractivity contribution in [1.29, 1.82) is 0 Å². The quantitative estimate of drug-likeness (QED) is 0.937. The zero-order chi connectivity index (χ0) is 14.9. The van der Waals surface area contributed by atoms with E-state index in [1.807, 2.05) is 0 Å². The van der Waals surface area contributed by atoms with Gasteiger partial charge in [0.05, 0.1) is 5.52 Å². The van der Waals surface area contributed by atoms with Crippen LogP contribution in [0, 0.1) is 0 Å². The third kappa shape index (κ3) is 3.08. The van der Waals surface area contributed by atoms with Crippen LogP contribution in [-0.2, 0) is 11.3 Å². The number of alkyl halides is 3. The highest BCUT2D eigenvalue weighted by atomic mass is 19.4. The average Bonchev–Trinajstić information content (AvgIpc) is 2.30. The predicted octanol–water partition coefficient (Wildman–Crippen LogP) is 1.98. The van der Waals surface area contributed by atoms with E-state index in [1.54, 1.807) is 0 Å². The third-order valence-electron chi connectivity index (χ3n) is 2.49. The molecule has 8 heteroatoms. The summed E-state index contributed by atoms with van der Waals surface area (Å²) in [6, 6.07) is 5.71. The molecule has 0 saturated heterocycles. The fraction of sp³-hybridized carbons (Fsp3) is 0.167. The maximum Gasteiger partial charge on any atom is 0.573 e. The number of carboxylic acid groups (broad SMARTS) is 1. The van der Waals surface area contributed by atoms with Crippen molar-refractivity contribution in [2.75, 3.05) is 0 Å². The standard InChI is InChI=1S/C12H8F3NO4/c13-12(14,15)20-8-2-3-9-7(5-8)1-4-10(17)16(9)6-11(18)19/h1-5H,6H2,(H,18,19). The summed E-state index contributed by atoms with van der Waals surface area (Å²) in [5, 5.41) is 9.00. The lowest BCUT2D eigenvalue weighted by atomic mass is 10.2. The number of aromatic nitrogens is 1. The first kappa shape index (κ1) is 13.9. The van der Waals surface area contributed by atoms with E-state index in [4.69, 9.17) is 5.11 Å². The Kier molecular flexibility index (Phi) is 3.39. The van der Waals surface area contributed by atoms with Crippen molar-refractivity contribution in [2.24, 2.45) is 0 Å². The van der Waals surface area contributed by atoms with E-state index in [0.29, 0.717) is 0 Å². The van der Waals surface area contributed by atoms with Gasteiger partial charge in [-0.3, -0.25) is 14.2 Å². The number of hydrogen-bond acceptors (Lipinski definition) is 3. The lowest BCUT2D eigenvalue weighted by molar-refractivity contribution is -0.274. The molecule has 5 nitrogen and oxygen atoms in total. The van der Waals surface area contributed by atoms with Crippen LogP contribution >= 0.6 is 0 Å². The molecule has 0 aliphatic carbocycles. The second kappa shape index (κ2) is 4.87. The number of pyridine rings is 1. The summed E-state index contributed by atoms with van der Waals surface area (Å²) in [5.41, 5.74) is -0.334. The van der Waals surface area contributed by atoms with Crippen molar-refractivity contribution in [3.8, 4) is 5.75 Å². The van der Waals surface area contributed by atoms with Crippen LogP contribution in [0.25, 0.3) is 10.9 Å². The lowest BCUT2D eigenvalue weighted by Crippen LogP contribution is -2.23. The van der Waals surface area contributed by atoms with Crippen molar-refractivity contribution in [3.63, 3.8) is 0 Å².